The summed E-state index contributed by atoms with van der Waals surface area (Å²) in [7, 11) is -4.39. The molecule has 75 heavy (non-hydrogen) atoms. The smallest absolute Gasteiger partial charge is 0.462 e. The second kappa shape index (κ2) is 60.4. The van der Waals surface area contributed by atoms with Crippen LogP contribution in [0.15, 0.2) is 85.1 Å². The van der Waals surface area contributed by atoms with Gasteiger partial charge in [-0.2, -0.15) is 0 Å². The van der Waals surface area contributed by atoms with Gasteiger partial charge in [0.2, 0.25) is 0 Å². The zero-order valence-electron chi connectivity index (χ0n) is 48.5. The summed E-state index contributed by atoms with van der Waals surface area (Å²) in [6.45, 7) is 3.66. The monoisotopic (exact) mass is 1070 g/mol. The minimum Gasteiger partial charge on any atom is -0.462 e. The summed E-state index contributed by atoms with van der Waals surface area (Å²) in [5.41, 5.74) is 5.39. The van der Waals surface area contributed by atoms with Crippen LogP contribution >= 0.6 is 7.82 Å². The lowest BCUT2D eigenvalue weighted by Crippen LogP contribution is -2.29. The maximum absolute atomic E-state index is 12.7. The molecular formula is C65H116NO8P. The highest BCUT2D eigenvalue weighted by Crippen LogP contribution is 2.43. The van der Waals surface area contributed by atoms with Gasteiger partial charge in [0.25, 0.3) is 0 Å². The SMILES string of the molecule is CC/C=C\C/C=C\C/C=C\C/C=C\C/C=C\C/C=C\C/C=C\CCCCCCCCCCCCCC(=O)OC(COC(=O)CCCCCCCCCCCCCCCCCCCCCCC)COP(=O)(O)OCCN. The van der Waals surface area contributed by atoms with Crippen molar-refractivity contribution in [1.29, 1.82) is 0 Å². The Morgan fingerprint density at radius 2 is 0.733 bits per heavy atom. The van der Waals surface area contributed by atoms with E-state index >= 15 is 0 Å². The lowest BCUT2D eigenvalue weighted by molar-refractivity contribution is -0.161. The Hall–Kier alpha value is -2.81. The molecule has 0 radical (unpaired) electrons. The number of unbranched alkanes of at least 4 members (excludes halogenated alkanes) is 31. The van der Waals surface area contributed by atoms with E-state index < -0.39 is 26.5 Å². The van der Waals surface area contributed by atoms with Crippen molar-refractivity contribution in [2.45, 2.75) is 290 Å². The number of carbonyl (C=O) groups excluding carboxylic acids is 2. The molecule has 0 saturated carbocycles. The number of hydrogen-bond donors (Lipinski definition) is 2. The molecule has 434 valence electrons. The van der Waals surface area contributed by atoms with Crippen LogP contribution in [-0.4, -0.2) is 49.3 Å². The van der Waals surface area contributed by atoms with Crippen molar-refractivity contribution in [2.75, 3.05) is 26.4 Å². The maximum atomic E-state index is 12.7. The van der Waals surface area contributed by atoms with Crippen molar-refractivity contribution in [3.05, 3.63) is 85.1 Å². The van der Waals surface area contributed by atoms with E-state index in [4.69, 9.17) is 24.3 Å². The normalized spacial score (nSPS) is 13.6. The minimum absolute atomic E-state index is 0.0514. The van der Waals surface area contributed by atoms with Gasteiger partial charge in [0.1, 0.15) is 6.61 Å². The third-order valence-corrected chi connectivity index (χ3v) is 14.3. The molecule has 0 aromatic carbocycles. The van der Waals surface area contributed by atoms with E-state index in [1.165, 1.54) is 161 Å². The summed E-state index contributed by atoms with van der Waals surface area (Å²) < 4.78 is 33.1. The van der Waals surface area contributed by atoms with Gasteiger partial charge in [-0.25, -0.2) is 4.57 Å². The third kappa shape index (κ3) is 60.3. The van der Waals surface area contributed by atoms with E-state index in [2.05, 4.69) is 98.9 Å². The number of phosphoric ester groups is 1. The molecule has 0 amide bonds. The molecule has 0 heterocycles. The second-order valence-electron chi connectivity index (χ2n) is 20.6. The molecular weight excluding hydrogens is 954 g/mol. The Kier molecular flexibility index (Phi) is 58.2. The molecule has 0 rings (SSSR count). The summed E-state index contributed by atoms with van der Waals surface area (Å²) in [4.78, 5) is 35.2. The van der Waals surface area contributed by atoms with Crippen LogP contribution in [0.5, 0.6) is 0 Å². The lowest BCUT2D eigenvalue weighted by Gasteiger charge is -2.19. The molecule has 0 spiro atoms. The Bertz CT molecular complexity index is 1500. The Morgan fingerprint density at radius 1 is 0.413 bits per heavy atom. The van der Waals surface area contributed by atoms with Gasteiger partial charge in [-0.15, -0.1) is 0 Å². The lowest BCUT2D eigenvalue weighted by atomic mass is 10.0. The molecule has 0 fully saturated rings. The van der Waals surface area contributed by atoms with Crippen molar-refractivity contribution in [2.24, 2.45) is 5.73 Å². The highest BCUT2D eigenvalue weighted by atomic mass is 31.2. The quantitative estimate of drug-likeness (QED) is 0.0264. The zero-order chi connectivity index (χ0) is 54.5. The number of hydrogen-bond acceptors (Lipinski definition) is 8. The average molecular weight is 1070 g/mol. The summed E-state index contributed by atoms with van der Waals surface area (Å²) in [6, 6.07) is 0. The van der Waals surface area contributed by atoms with E-state index in [1.54, 1.807) is 0 Å². The van der Waals surface area contributed by atoms with Crippen molar-refractivity contribution in [1.82, 2.24) is 0 Å². The summed E-state index contributed by atoms with van der Waals surface area (Å²) in [5.74, 6) is -0.822. The molecule has 0 saturated heterocycles. The molecule has 0 aliphatic heterocycles. The fourth-order valence-electron chi connectivity index (χ4n) is 8.74. The molecule has 2 atom stereocenters. The standard InChI is InChI=1S/C65H116NO8P/c1-3-5-7-9-11-13-15-17-19-21-23-25-26-27-28-29-30-31-32-33-34-35-36-38-40-42-44-46-48-50-52-54-56-58-65(68)74-63(62-73-75(69,70)72-60-59-66)61-71-64(67)57-55-53-51-49-47-45-43-41-39-37-24-22-20-18-16-14-12-10-8-6-4-2/h5,7,11,13,17,19,23,25,27-28,30-31,33-34,63H,3-4,6,8-10,12,14-16,18,20-22,24,26,29,32,35-62,66H2,1-2H3,(H,69,70)/b7-5-,13-11-,19-17-,25-23-,28-27-,31-30-,34-33-. The Morgan fingerprint density at radius 3 is 1.09 bits per heavy atom. The van der Waals surface area contributed by atoms with Crippen molar-refractivity contribution >= 4 is 19.8 Å². The van der Waals surface area contributed by atoms with Crippen LogP contribution < -0.4 is 5.73 Å². The van der Waals surface area contributed by atoms with Crippen molar-refractivity contribution in [3.63, 3.8) is 0 Å². The van der Waals surface area contributed by atoms with Gasteiger partial charge >= 0.3 is 19.8 Å². The molecule has 10 heteroatoms. The van der Waals surface area contributed by atoms with E-state index in [0.717, 1.165) is 89.9 Å². The fourth-order valence-corrected chi connectivity index (χ4v) is 9.50. The largest absolute Gasteiger partial charge is 0.472 e. The van der Waals surface area contributed by atoms with Crippen LogP contribution in [0.4, 0.5) is 0 Å². The topological polar surface area (TPSA) is 134 Å². The van der Waals surface area contributed by atoms with Crippen molar-refractivity contribution < 1.29 is 37.6 Å². The molecule has 0 aliphatic rings. The Labute approximate surface area is 462 Å². The van der Waals surface area contributed by atoms with Crippen LogP contribution in [0, 0.1) is 0 Å². The first-order valence-electron chi connectivity index (χ1n) is 31.1. The fraction of sp³-hybridized carbons (Fsp3) is 0.754. The number of rotatable bonds is 58. The van der Waals surface area contributed by atoms with Gasteiger partial charge in [0, 0.05) is 19.4 Å². The Balaban J connectivity index is 3.95. The third-order valence-electron chi connectivity index (χ3n) is 13.3. The first-order valence-corrected chi connectivity index (χ1v) is 32.6. The molecule has 0 aromatic rings. The van der Waals surface area contributed by atoms with Gasteiger partial charge in [0.15, 0.2) is 6.10 Å². The molecule has 3 N–H and O–H groups in total. The first-order chi connectivity index (χ1) is 36.8. The summed E-state index contributed by atoms with van der Waals surface area (Å²) in [6.07, 6.45) is 79.3. The summed E-state index contributed by atoms with van der Waals surface area (Å²) in [5, 5.41) is 0. The number of allylic oxidation sites excluding steroid dienone is 14. The average Bonchev–Trinajstić information content (AvgIpc) is 3.40. The van der Waals surface area contributed by atoms with E-state index in [1.807, 2.05) is 0 Å². The van der Waals surface area contributed by atoms with Gasteiger partial charge in [-0.3, -0.25) is 18.6 Å². The van der Waals surface area contributed by atoms with Crippen LogP contribution in [-0.2, 0) is 32.7 Å². The molecule has 0 aromatic heterocycles. The van der Waals surface area contributed by atoms with E-state index in [9.17, 15) is 19.0 Å². The van der Waals surface area contributed by atoms with Crippen LogP contribution in [0.1, 0.15) is 284 Å². The van der Waals surface area contributed by atoms with E-state index in [-0.39, 0.29) is 38.6 Å². The van der Waals surface area contributed by atoms with Gasteiger partial charge in [-0.05, 0) is 70.6 Å². The first kappa shape index (κ1) is 72.2. The maximum Gasteiger partial charge on any atom is 0.472 e. The zero-order valence-corrected chi connectivity index (χ0v) is 49.4. The highest BCUT2D eigenvalue weighted by molar-refractivity contribution is 7.47. The number of phosphoric acid groups is 1. The number of ether oxygens (including phenoxy) is 2. The predicted octanol–water partition coefficient (Wildman–Crippen LogP) is 19.9. The number of esters is 2. The second-order valence-corrected chi connectivity index (χ2v) is 22.0. The van der Waals surface area contributed by atoms with E-state index in [0.29, 0.717) is 6.42 Å². The molecule has 2 unspecified atom stereocenters. The van der Waals surface area contributed by atoms with Gasteiger partial charge in [0.05, 0.1) is 13.2 Å². The number of carbonyl (C=O) groups is 2. The van der Waals surface area contributed by atoms with Crippen molar-refractivity contribution in [3.8, 4) is 0 Å². The van der Waals surface area contributed by atoms with Crippen LogP contribution in [0.2, 0.25) is 0 Å². The van der Waals surface area contributed by atoms with Crippen LogP contribution in [0.25, 0.3) is 0 Å². The predicted molar refractivity (Wildman–Crippen MR) is 321 cm³/mol. The van der Waals surface area contributed by atoms with Gasteiger partial charge < -0.3 is 20.1 Å². The molecule has 0 bridgehead atoms. The van der Waals surface area contributed by atoms with Gasteiger partial charge in [-0.1, -0.05) is 285 Å². The minimum atomic E-state index is -4.39. The number of nitrogens with two attached hydrogens (primary N) is 1. The summed E-state index contributed by atoms with van der Waals surface area (Å²) >= 11 is 0. The highest BCUT2D eigenvalue weighted by Gasteiger charge is 2.26. The molecule has 0 aliphatic carbocycles. The van der Waals surface area contributed by atoms with Crippen LogP contribution in [0.3, 0.4) is 0 Å². The molecule has 9 nitrogen and oxygen atoms in total.